The molecule has 17 heavy (non-hydrogen) atoms. The molecule has 0 radical (unpaired) electrons. The van der Waals surface area contributed by atoms with Crippen LogP contribution in [0.4, 0.5) is 5.69 Å². The van der Waals surface area contributed by atoms with Crippen LogP contribution in [0.1, 0.15) is 10.4 Å². The number of carbonyl (C=O) groups excluding carboxylic acids is 1. The minimum Gasteiger partial charge on any atom is -0.319 e. The summed E-state index contributed by atoms with van der Waals surface area (Å²) in [6.45, 7) is 0. The van der Waals surface area contributed by atoms with E-state index in [2.05, 4.69) is 5.32 Å². The Morgan fingerprint density at radius 3 is 2.12 bits per heavy atom. The molecule has 0 bridgehead atoms. The molecule has 0 aliphatic carbocycles. The van der Waals surface area contributed by atoms with E-state index in [9.17, 15) is 9.59 Å². The summed E-state index contributed by atoms with van der Waals surface area (Å²) in [4.78, 5) is 23.4. The van der Waals surface area contributed by atoms with Crippen molar-refractivity contribution in [1.82, 2.24) is 0 Å². The van der Waals surface area contributed by atoms with E-state index in [-0.39, 0.29) is 17.0 Å². The molecule has 0 aromatic heterocycles. The van der Waals surface area contributed by atoms with Crippen LogP contribution in [0.25, 0.3) is 0 Å². The number of nitrogens with one attached hydrogen (secondary N) is 1. The van der Waals surface area contributed by atoms with Crippen LogP contribution in [-0.4, -0.2) is 5.91 Å². The Balaban J connectivity index is 2.26. The van der Waals surface area contributed by atoms with Crippen LogP contribution in [0.3, 0.4) is 0 Å². The molecule has 0 atom stereocenters. The van der Waals surface area contributed by atoms with Crippen LogP contribution in [0, 0.1) is 0 Å². The van der Waals surface area contributed by atoms with E-state index in [1.165, 1.54) is 6.07 Å². The maximum Gasteiger partial charge on any atom is 0.255 e. The third-order valence-corrected chi connectivity index (χ3v) is 2.28. The molecule has 2 rings (SSSR count). The standard InChI is InChI=1S/C14H11NO2/c16-13-10-6-2-5-9-12(13)15-14(17)11-7-3-1-4-8-11/h1-10H,(H,15,16,17). The van der Waals surface area contributed by atoms with Crippen molar-refractivity contribution in [3.63, 3.8) is 0 Å². The van der Waals surface area contributed by atoms with Crippen LogP contribution < -0.4 is 10.7 Å². The zero-order valence-electron chi connectivity index (χ0n) is 9.09. The van der Waals surface area contributed by atoms with Gasteiger partial charge >= 0.3 is 0 Å². The molecule has 0 aliphatic rings. The van der Waals surface area contributed by atoms with Crippen molar-refractivity contribution in [2.75, 3.05) is 5.32 Å². The predicted molar refractivity (Wildman–Crippen MR) is 67.1 cm³/mol. The fourth-order valence-corrected chi connectivity index (χ4v) is 1.42. The van der Waals surface area contributed by atoms with Gasteiger partial charge in [0.05, 0.1) is 5.69 Å². The lowest BCUT2D eigenvalue weighted by atomic mass is 10.2. The summed E-state index contributed by atoms with van der Waals surface area (Å²) in [6.07, 6.45) is 0. The van der Waals surface area contributed by atoms with Crippen molar-refractivity contribution in [2.24, 2.45) is 0 Å². The van der Waals surface area contributed by atoms with Gasteiger partial charge in [0.25, 0.3) is 5.91 Å². The van der Waals surface area contributed by atoms with Crippen molar-refractivity contribution >= 4 is 11.6 Å². The molecule has 3 nitrogen and oxygen atoms in total. The predicted octanol–water partition coefficient (Wildman–Crippen LogP) is 2.30. The monoisotopic (exact) mass is 225 g/mol. The van der Waals surface area contributed by atoms with Crippen LogP contribution in [0.2, 0.25) is 0 Å². The second kappa shape index (κ2) is 5.07. The minimum absolute atomic E-state index is 0.209. The van der Waals surface area contributed by atoms with E-state index >= 15 is 0 Å². The van der Waals surface area contributed by atoms with Crippen molar-refractivity contribution < 1.29 is 4.79 Å². The Kier molecular flexibility index (Phi) is 3.31. The number of hydrogen-bond acceptors (Lipinski definition) is 2. The van der Waals surface area contributed by atoms with E-state index in [1.807, 2.05) is 6.07 Å². The highest BCUT2D eigenvalue weighted by Crippen LogP contribution is 2.03. The number of anilines is 1. The molecule has 0 heterocycles. The molecule has 0 unspecified atom stereocenters. The molecule has 1 N–H and O–H groups in total. The van der Waals surface area contributed by atoms with Crippen molar-refractivity contribution in [2.45, 2.75) is 0 Å². The summed E-state index contributed by atoms with van der Waals surface area (Å²) in [5.74, 6) is -0.283. The molecular weight excluding hydrogens is 214 g/mol. The molecule has 0 saturated carbocycles. The highest BCUT2D eigenvalue weighted by molar-refractivity contribution is 6.04. The van der Waals surface area contributed by atoms with Crippen molar-refractivity contribution in [1.29, 1.82) is 0 Å². The highest BCUT2D eigenvalue weighted by Gasteiger charge is 2.05. The minimum atomic E-state index is -0.283. The summed E-state index contributed by atoms with van der Waals surface area (Å²) >= 11 is 0. The largest absolute Gasteiger partial charge is 0.319 e. The Bertz CT molecular complexity index is 579. The Labute approximate surface area is 98.7 Å². The molecule has 0 spiro atoms. The molecule has 0 saturated heterocycles. The molecule has 0 aliphatic heterocycles. The van der Waals surface area contributed by atoms with E-state index in [0.29, 0.717) is 5.56 Å². The maximum atomic E-state index is 11.8. The normalized spacial score (nSPS) is 9.65. The quantitative estimate of drug-likeness (QED) is 0.852. The summed E-state index contributed by atoms with van der Waals surface area (Å²) in [6, 6.07) is 16.9. The summed E-state index contributed by atoms with van der Waals surface area (Å²) < 4.78 is 0. The SMILES string of the molecule is O=C(Nc1cccccc1=O)c1ccccc1. The van der Waals surface area contributed by atoms with Crippen molar-refractivity contribution in [3.8, 4) is 0 Å². The molecule has 84 valence electrons. The lowest BCUT2D eigenvalue weighted by molar-refractivity contribution is 0.102. The van der Waals surface area contributed by atoms with E-state index in [0.717, 1.165) is 0 Å². The topological polar surface area (TPSA) is 46.2 Å². The van der Waals surface area contributed by atoms with Crippen LogP contribution in [0.15, 0.2) is 65.5 Å². The summed E-state index contributed by atoms with van der Waals surface area (Å²) in [5.41, 5.74) is 0.599. The fourth-order valence-electron chi connectivity index (χ4n) is 1.42. The molecular formula is C14H11NO2. The molecule has 3 heteroatoms. The summed E-state index contributed by atoms with van der Waals surface area (Å²) in [5, 5.41) is 2.60. The first-order valence-electron chi connectivity index (χ1n) is 5.23. The second-order valence-electron chi connectivity index (χ2n) is 3.51. The molecule has 2 aromatic carbocycles. The van der Waals surface area contributed by atoms with Gasteiger partial charge < -0.3 is 5.32 Å². The van der Waals surface area contributed by atoms with Crippen LogP contribution in [0.5, 0.6) is 0 Å². The van der Waals surface area contributed by atoms with Crippen molar-refractivity contribution in [3.05, 3.63) is 76.5 Å². The van der Waals surface area contributed by atoms with Gasteiger partial charge in [-0.2, -0.15) is 0 Å². The van der Waals surface area contributed by atoms with Gasteiger partial charge in [0.15, 0.2) is 0 Å². The first-order chi connectivity index (χ1) is 8.27. The number of benzene rings is 1. The summed E-state index contributed by atoms with van der Waals surface area (Å²) in [7, 11) is 0. The lowest BCUT2D eigenvalue weighted by Gasteiger charge is -2.02. The van der Waals surface area contributed by atoms with E-state index in [4.69, 9.17) is 0 Å². The van der Waals surface area contributed by atoms with E-state index < -0.39 is 0 Å². The Morgan fingerprint density at radius 2 is 1.41 bits per heavy atom. The van der Waals surface area contributed by atoms with Gasteiger partial charge in [0.1, 0.15) is 0 Å². The molecule has 1 amide bonds. The van der Waals surface area contributed by atoms with Gasteiger partial charge in [-0.15, -0.1) is 0 Å². The zero-order valence-corrected chi connectivity index (χ0v) is 9.09. The first-order valence-corrected chi connectivity index (χ1v) is 5.23. The van der Waals surface area contributed by atoms with Gasteiger partial charge in [-0.25, -0.2) is 0 Å². The van der Waals surface area contributed by atoms with Gasteiger partial charge in [0, 0.05) is 5.56 Å². The number of amides is 1. The van der Waals surface area contributed by atoms with Gasteiger partial charge in [-0.05, 0) is 24.3 Å². The van der Waals surface area contributed by atoms with Gasteiger partial charge in [-0.1, -0.05) is 36.4 Å². The smallest absolute Gasteiger partial charge is 0.255 e. The van der Waals surface area contributed by atoms with Crippen LogP contribution >= 0.6 is 0 Å². The number of rotatable bonds is 2. The van der Waals surface area contributed by atoms with Gasteiger partial charge in [-0.3, -0.25) is 9.59 Å². The number of carbonyl (C=O) groups is 1. The molecule has 2 aromatic rings. The Morgan fingerprint density at radius 1 is 0.824 bits per heavy atom. The maximum absolute atomic E-state index is 11.8. The Hall–Kier alpha value is -2.42. The van der Waals surface area contributed by atoms with Crippen LogP contribution in [-0.2, 0) is 0 Å². The average Bonchev–Trinajstić information content (AvgIpc) is 2.56. The third kappa shape index (κ3) is 2.78. The highest BCUT2D eigenvalue weighted by atomic mass is 16.2. The number of hydrogen-bond donors (Lipinski definition) is 1. The fraction of sp³-hybridized carbons (Fsp3) is 0. The lowest BCUT2D eigenvalue weighted by Crippen LogP contribution is -2.16. The zero-order chi connectivity index (χ0) is 12.1. The average molecular weight is 225 g/mol. The first kappa shape index (κ1) is 11.1. The van der Waals surface area contributed by atoms with E-state index in [1.54, 1.807) is 48.5 Å². The molecule has 0 fully saturated rings. The third-order valence-electron chi connectivity index (χ3n) is 2.28. The second-order valence-corrected chi connectivity index (χ2v) is 3.51. The van der Waals surface area contributed by atoms with Gasteiger partial charge in [0.2, 0.25) is 5.43 Å².